The molecule has 0 aliphatic rings. The topological polar surface area (TPSA) is 90.9 Å². The second-order valence-electron chi connectivity index (χ2n) is 6.58. The molecule has 0 aliphatic heterocycles. The predicted octanol–water partition coefficient (Wildman–Crippen LogP) is 4.34. The molecule has 2 unspecified atom stereocenters. The van der Waals surface area contributed by atoms with E-state index in [-0.39, 0.29) is 6.42 Å². The van der Waals surface area contributed by atoms with E-state index in [1.165, 1.54) is 19.3 Å². The average Bonchev–Trinajstić information content (AvgIpc) is 3.03. The van der Waals surface area contributed by atoms with Crippen molar-refractivity contribution in [2.24, 2.45) is 0 Å². The van der Waals surface area contributed by atoms with Crippen molar-refractivity contribution in [2.75, 3.05) is 0 Å². The van der Waals surface area contributed by atoms with Crippen molar-refractivity contribution in [3.05, 3.63) is 41.9 Å². The molecule has 5 nitrogen and oxygen atoms in total. The number of carbonyl (C=O) groups is 1. The van der Waals surface area contributed by atoms with Crippen LogP contribution in [0.1, 0.15) is 69.8 Å². The molecule has 1 rings (SSSR count). The van der Waals surface area contributed by atoms with E-state index >= 15 is 0 Å². The van der Waals surface area contributed by atoms with Crippen LogP contribution >= 0.6 is 0 Å². The Labute approximate surface area is 156 Å². The molecule has 0 bridgehead atoms. The Bertz CT molecular complexity index is 559. The number of hydrogen-bond donors (Lipinski definition) is 3. The molecule has 0 aliphatic carbocycles. The van der Waals surface area contributed by atoms with Gasteiger partial charge in [0.1, 0.15) is 11.5 Å². The third kappa shape index (κ3) is 10.9. The van der Waals surface area contributed by atoms with Gasteiger partial charge < -0.3 is 19.7 Å². The van der Waals surface area contributed by atoms with Crippen LogP contribution in [0.5, 0.6) is 0 Å². The summed E-state index contributed by atoms with van der Waals surface area (Å²) in [6.07, 6.45) is 13.0. The first-order valence-electron chi connectivity index (χ1n) is 9.51. The molecule has 1 aromatic heterocycles. The Hall–Kier alpha value is -1.85. The number of aliphatic carboxylic acids is 1. The number of allylic oxidation sites excluding steroid dienone is 1. The monoisotopic (exact) mass is 364 g/mol. The quantitative estimate of drug-likeness (QED) is 0.337. The van der Waals surface area contributed by atoms with E-state index in [0.29, 0.717) is 37.2 Å². The van der Waals surface area contributed by atoms with Gasteiger partial charge in [-0.15, -0.1) is 0 Å². The standard InChI is InChI=1S/C21H32O5/c1-2-3-4-5-6-7-9-17(22)12-13-19-14-15-20(26-19)16-18(23)10-8-11-21(24)25/h6-7,12-15,17-18,22-23H,2-5,8-11,16H2,1H3,(H,24,25). The van der Waals surface area contributed by atoms with E-state index in [4.69, 9.17) is 9.52 Å². The van der Waals surface area contributed by atoms with Gasteiger partial charge in [0.25, 0.3) is 0 Å². The summed E-state index contributed by atoms with van der Waals surface area (Å²) in [4.78, 5) is 10.5. The Balaban J connectivity index is 2.30. The predicted molar refractivity (Wildman–Crippen MR) is 103 cm³/mol. The average molecular weight is 364 g/mol. The molecule has 0 aromatic carbocycles. The zero-order valence-corrected chi connectivity index (χ0v) is 15.6. The summed E-state index contributed by atoms with van der Waals surface area (Å²) in [5.74, 6) is 0.429. The molecule has 1 aromatic rings. The Morgan fingerprint density at radius 3 is 2.73 bits per heavy atom. The highest BCUT2D eigenvalue weighted by atomic mass is 16.4. The number of unbranched alkanes of at least 4 members (excludes halogenated alkanes) is 3. The molecular weight excluding hydrogens is 332 g/mol. The lowest BCUT2D eigenvalue weighted by molar-refractivity contribution is -0.137. The molecule has 26 heavy (non-hydrogen) atoms. The van der Waals surface area contributed by atoms with Gasteiger partial charge in [0.15, 0.2) is 0 Å². The molecule has 2 atom stereocenters. The van der Waals surface area contributed by atoms with Crippen LogP contribution in [-0.2, 0) is 11.2 Å². The van der Waals surface area contributed by atoms with Crippen molar-refractivity contribution in [3.63, 3.8) is 0 Å². The summed E-state index contributed by atoms with van der Waals surface area (Å²) in [6, 6.07) is 3.59. The molecule has 0 radical (unpaired) electrons. The van der Waals surface area contributed by atoms with E-state index < -0.39 is 18.2 Å². The fraction of sp³-hybridized carbons (Fsp3) is 0.571. The summed E-state index contributed by atoms with van der Waals surface area (Å²) < 4.78 is 5.61. The van der Waals surface area contributed by atoms with Gasteiger partial charge in [0.05, 0.1) is 12.2 Å². The first-order chi connectivity index (χ1) is 12.5. The van der Waals surface area contributed by atoms with Crippen molar-refractivity contribution in [1.29, 1.82) is 0 Å². The largest absolute Gasteiger partial charge is 0.481 e. The zero-order chi connectivity index (χ0) is 19.2. The van der Waals surface area contributed by atoms with Gasteiger partial charge in [0.2, 0.25) is 0 Å². The Morgan fingerprint density at radius 1 is 1.19 bits per heavy atom. The molecular formula is C21H32O5. The molecule has 1 heterocycles. The minimum atomic E-state index is -0.850. The number of aliphatic hydroxyl groups excluding tert-OH is 2. The number of aliphatic hydroxyl groups is 2. The smallest absolute Gasteiger partial charge is 0.303 e. The first kappa shape index (κ1) is 22.2. The van der Waals surface area contributed by atoms with Crippen molar-refractivity contribution < 1.29 is 24.5 Å². The highest BCUT2D eigenvalue weighted by Crippen LogP contribution is 2.15. The first-order valence-corrected chi connectivity index (χ1v) is 9.51. The lowest BCUT2D eigenvalue weighted by atomic mass is 10.1. The number of carboxylic acid groups (broad SMARTS) is 1. The van der Waals surface area contributed by atoms with Crippen molar-refractivity contribution in [1.82, 2.24) is 0 Å². The maximum absolute atomic E-state index is 10.5. The van der Waals surface area contributed by atoms with Crippen LogP contribution in [0.3, 0.4) is 0 Å². The van der Waals surface area contributed by atoms with Gasteiger partial charge in [-0.3, -0.25) is 4.79 Å². The van der Waals surface area contributed by atoms with Crippen LogP contribution in [0.15, 0.2) is 34.8 Å². The maximum Gasteiger partial charge on any atom is 0.303 e. The zero-order valence-electron chi connectivity index (χ0n) is 15.6. The van der Waals surface area contributed by atoms with Crippen LogP contribution in [0, 0.1) is 0 Å². The normalized spacial score (nSPS) is 14.3. The molecule has 3 N–H and O–H groups in total. The van der Waals surface area contributed by atoms with Gasteiger partial charge >= 0.3 is 5.97 Å². The summed E-state index contributed by atoms with van der Waals surface area (Å²) in [5.41, 5.74) is 0. The minimum absolute atomic E-state index is 0.0636. The Kier molecular flexibility index (Phi) is 11.4. The number of hydrogen-bond acceptors (Lipinski definition) is 4. The van der Waals surface area contributed by atoms with Crippen molar-refractivity contribution >= 4 is 12.0 Å². The van der Waals surface area contributed by atoms with E-state index in [0.717, 1.165) is 6.42 Å². The summed E-state index contributed by atoms with van der Waals surface area (Å²) >= 11 is 0. The van der Waals surface area contributed by atoms with Crippen molar-refractivity contribution in [2.45, 2.75) is 76.9 Å². The van der Waals surface area contributed by atoms with E-state index in [9.17, 15) is 15.0 Å². The molecule has 0 amide bonds. The molecule has 0 saturated heterocycles. The summed E-state index contributed by atoms with van der Waals surface area (Å²) in [6.45, 7) is 2.18. The molecule has 5 heteroatoms. The SMILES string of the molecule is CCCCCC=CCC(O)C=Cc1ccc(CC(O)CCCC(=O)O)o1. The van der Waals surface area contributed by atoms with Crippen LogP contribution in [0.4, 0.5) is 0 Å². The molecule has 0 saturated carbocycles. The van der Waals surface area contributed by atoms with Crippen LogP contribution in [-0.4, -0.2) is 33.5 Å². The molecule has 0 fully saturated rings. The fourth-order valence-electron chi connectivity index (χ4n) is 2.57. The highest BCUT2D eigenvalue weighted by molar-refractivity contribution is 5.66. The van der Waals surface area contributed by atoms with E-state index in [1.807, 2.05) is 6.08 Å². The third-order valence-corrected chi connectivity index (χ3v) is 4.05. The summed E-state index contributed by atoms with van der Waals surface area (Å²) in [7, 11) is 0. The number of furan rings is 1. The van der Waals surface area contributed by atoms with Crippen molar-refractivity contribution in [3.8, 4) is 0 Å². The molecule has 146 valence electrons. The van der Waals surface area contributed by atoms with Crippen LogP contribution in [0.25, 0.3) is 6.08 Å². The lowest BCUT2D eigenvalue weighted by Crippen LogP contribution is -2.10. The van der Waals surface area contributed by atoms with Gasteiger partial charge in [-0.05, 0) is 50.3 Å². The summed E-state index contributed by atoms with van der Waals surface area (Å²) in [5, 5.41) is 28.4. The second kappa shape index (κ2) is 13.4. The van der Waals surface area contributed by atoms with Gasteiger partial charge in [-0.2, -0.15) is 0 Å². The molecule has 0 spiro atoms. The highest BCUT2D eigenvalue weighted by Gasteiger charge is 2.10. The second-order valence-corrected chi connectivity index (χ2v) is 6.58. The number of carboxylic acids is 1. The van der Waals surface area contributed by atoms with E-state index in [1.54, 1.807) is 24.3 Å². The number of rotatable bonds is 14. The van der Waals surface area contributed by atoms with Crippen LogP contribution in [0.2, 0.25) is 0 Å². The Morgan fingerprint density at radius 2 is 2.00 bits per heavy atom. The van der Waals surface area contributed by atoms with Gasteiger partial charge in [-0.1, -0.05) is 38.0 Å². The van der Waals surface area contributed by atoms with E-state index in [2.05, 4.69) is 13.0 Å². The third-order valence-electron chi connectivity index (χ3n) is 4.05. The maximum atomic E-state index is 10.5. The van der Waals surface area contributed by atoms with Crippen LogP contribution < -0.4 is 0 Å². The lowest BCUT2D eigenvalue weighted by Gasteiger charge is -2.07. The van der Waals surface area contributed by atoms with Gasteiger partial charge in [-0.25, -0.2) is 0 Å². The minimum Gasteiger partial charge on any atom is -0.481 e. The van der Waals surface area contributed by atoms with Gasteiger partial charge in [0, 0.05) is 12.8 Å². The fourth-order valence-corrected chi connectivity index (χ4v) is 2.57.